The maximum atomic E-state index is 11.3. The summed E-state index contributed by atoms with van der Waals surface area (Å²) in [5, 5.41) is 9.30. The van der Waals surface area contributed by atoms with Gasteiger partial charge in [-0.25, -0.2) is 4.79 Å². The zero-order valence-electron chi connectivity index (χ0n) is 13.7. The monoisotopic (exact) mass is 344 g/mol. The molecule has 0 saturated carbocycles. The highest BCUT2D eigenvalue weighted by Gasteiger charge is 2.34. The fourth-order valence-electron chi connectivity index (χ4n) is 2.15. The molecule has 0 heterocycles. The van der Waals surface area contributed by atoms with Gasteiger partial charge >= 0.3 is 5.97 Å². The third-order valence-corrected chi connectivity index (χ3v) is 3.95. The minimum absolute atomic E-state index is 0.144. The molecule has 0 radical (unpaired) electrons. The number of aliphatic carboxylic acids is 1. The largest absolute Gasteiger partial charge is 0.478 e. The average molecular weight is 344 g/mol. The van der Waals surface area contributed by atoms with Crippen LogP contribution in [0.3, 0.4) is 0 Å². The fourth-order valence-corrected chi connectivity index (χ4v) is 2.57. The van der Waals surface area contributed by atoms with Gasteiger partial charge in [-0.3, -0.25) is 4.18 Å². The van der Waals surface area contributed by atoms with Gasteiger partial charge in [0.05, 0.1) is 12.9 Å². The molecular formula is C16H24O6S. The average Bonchev–Trinajstić information content (AvgIpc) is 2.44. The molecular weight excluding hydrogens is 320 g/mol. The van der Waals surface area contributed by atoms with Crippen molar-refractivity contribution in [1.29, 1.82) is 0 Å². The van der Waals surface area contributed by atoms with Gasteiger partial charge in [-0.15, -0.1) is 0 Å². The molecule has 0 spiro atoms. The first-order valence-corrected chi connectivity index (χ1v) is 9.33. The lowest BCUT2D eigenvalue weighted by Crippen LogP contribution is -2.41. The summed E-state index contributed by atoms with van der Waals surface area (Å²) in [5.74, 6) is -0.485. The van der Waals surface area contributed by atoms with Crippen LogP contribution in [0.5, 0.6) is 5.75 Å². The van der Waals surface area contributed by atoms with Crippen molar-refractivity contribution in [1.82, 2.24) is 0 Å². The number of rotatable bonds is 10. The number of aryl methyl sites for hydroxylation is 1. The summed E-state index contributed by atoms with van der Waals surface area (Å²) in [6.45, 7) is 3.62. The molecule has 1 rings (SSSR count). The maximum absolute atomic E-state index is 11.3. The molecule has 0 fully saturated rings. The highest BCUT2D eigenvalue weighted by atomic mass is 32.2. The summed E-state index contributed by atoms with van der Waals surface area (Å²) in [6.07, 6.45) is 3.40. The van der Waals surface area contributed by atoms with Crippen molar-refractivity contribution >= 4 is 16.1 Å². The third kappa shape index (κ3) is 7.00. The van der Waals surface area contributed by atoms with Crippen LogP contribution in [0.25, 0.3) is 0 Å². The van der Waals surface area contributed by atoms with Gasteiger partial charge in [0.15, 0.2) is 0 Å². The minimum Gasteiger partial charge on any atom is -0.478 e. The zero-order chi connectivity index (χ0) is 17.5. The second-order valence-electron chi connectivity index (χ2n) is 5.66. The van der Waals surface area contributed by atoms with Crippen LogP contribution < -0.4 is 4.74 Å². The molecule has 1 atom stereocenters. The lowest BCUT2D eigenvalue weighted by Gasteiger charge is -2.26. The quantitative estimate of drug-likeness (QED) is 0.518. The van der Waals surface area contributed by atoms with E-state index in [4.69, 9.17) is 4.74 Å². The molecule has 130 valence electrons. The molecule has 0 aliphatic rings. The second kappa shape index (κ2) is 8.31. The van der Waals surface area contributed by atoms with Crippen molar-refractivity contribution in [3.8, 4) is 5.75 Å². The van der Waals surface area contributed by atoms with Gasteiger partial charge in [0.25, 0.3) is 10.1 Å². The third-order valence-electron chi connectivity index (χ3n) is 3.35. The summed E-state index contributed by atoms with van der Waals surface area (Å²) in [5.41, 5.74) is -0.235. The van der Waals surface area contributed by atoms with Crippen LogP contribution in [-0.2, 0) is 25.5 Å². The number of hydrogen-bond acceptors (Lipinski definition) is 5. The molecule has 1 aromatic carbocycles. The van der Waals surface area contributed by atoms with E-state index in [1.165, 1.54) is 0 Å². The Bertz CT molecular complexity index is 608. The van der Waals surface area contributed by atoms with Gasteiger partial charge in [-0.05, 0) is 43.9 Å². The van der Waals surface area contributed by atoms with Crippen molar-refractivity contribution in [3.63, 3.8) is 0 Å². The predicted octanol–water partition coefficient (Wildman–Crippen LogP) is 2.62. The number of carboxylic acids is 1. The Balaban J connectivity index is 2.57. The van der Waals surface area contributed by atoms with Gasteiger partial charge in [0.1, 0.15) is 5.75 Å². The Labute approximate surface area is 137 Å². The number of hydrogen-bond donors (Lipinski definition) is 1. The molecule has 0 saturated heterocycles. The van der Waals surface area contributed by atoms with E-state index in [1.807, 2.05) is 19.1 Å². The summed E-state index contributed by atoms with van der Waals surface area (Å²) >= 11 is 0. The molecule has 0 bridgehead atoms. The second-order valence-corrected chi connectivity index (χ2v) is 7.31. The smallest absolute Gasteiger partial charge is 0.347 e. The van der Waals surface area contributed by atoms with E-state index in [1.54, 1.807) is 19.1 Å². The Kier molecular flexibility index (Phi) is 7.02. The molecule has 0 aliphatic carbocycles. The summed E-state index contributed by atoms with van der Waals surface area (Å²) in [6, 6.07) is 7.13. The van der Waals surface area contributed by atoms with Crippen molar-refractivity contribution in [2.75, 3.05) is 12.9 Å². The normalized spacial score (nSPS) is 14.2. The standard InChI is InChI=1S/C16H24O6S/c1-4-11-16(2,15(17)18)22-14-9-7-13(8-10-14)6-5-12-21-23(3,19)20/h7-10H,4-6,11-12H2,1-3H3,(H,17,18)/t16-/m1/s1. The molecule has 1 N–H and O–H groups in total. The number of carboxylic acid groups (broad SMARTS) is 1. The Morgan fingerprint density at radius 1 is 1.26 bits per heavy atom. The summed E-state index contributed by atoms with van der Waals surface area (Å²) in [7, 11) is -3.39. The van der Waals surface area contributed by atoms with E-state index >= 15 is 0 Å². The molecule has 6 nitrogen and oxygen atoms in total. The number of benzene rings is 1. The lowest BCUT2D eigenvalue weighted by atomic mass is 10.0. The number of ether oxygens (including phenoxy) is 1. The van der Waals surface area contributed by atoms with Crippen molar-refractivity contribution in [3.05, 3.63) is 29.8 Å². The molecule has 7 heteroatoms. The van der Waals surface area contributed by atoms with Gasteiger partial charge in [-0.1, -0.05) is 25.5 Å². The minimum atomic E-state index is -3.39. The van der Waals surface area contributed by atoms with Crippen LogP contribution >= 0.6 is 0 Å². The SMILES string of the molecule is CCC[C@@](C)(Oc1ccc(CCCOS(C)(=O)=O)cc1)C(=O)O. The van der Waals surface area contributed by atoms with Crippen molar-refractivity contribution in [2.45, 2.75) is 45.1 Å². The zero-order valence-corrected chi connectivity index (χ0v) is 14.6. The Hall–Kier alpha value is -1.60. The van der Waals surface area contributed by atoms with Crippen LogP contribution in [0.4, 0.5) is 0 Å². The fraction of sp³-hybridized carbons (Fsp3) is 0.562. The highest BCUT2D eigenvalue weighted by Crippen LogP contribution is 2.23. The van der Waals surface area contributed by atoms with E-state index in [9.17, 15) is 18.3 Å². The molecule has 23 heavy (non-hydrogen) atoms. The molecule has 0 aromatic heterocycles. The first kappa shape index (κ1) is 19.4. The van der Waals surface area contributed by atoms with E-state index < -0.39 is 21.7 Å². The van der Waals surface area contributed by atoms with E-state index in [0.717, 1.165) is 11.8 Å². The van der Waals surface area contributed by atoms with Crippen LogP contribution in [0, 0.1) is 0 Å². The maximum Gasteiger partial charge on any atom is 0.347 e. The number of carbonyl (C=O) groups is 1. The lowest BCUT2D eigenvalue weighted by molar-refractivity contribution is -0.154. The first-order valence-electron chi connectivity index (χ1n) is 7.52. The molecule has 0 unspecified atom stereocenters. The first-order chi connectivity index (χ1) is 10.7. The van der Waals surface area contributed by atoms with Crippen molar-refractivity contribution < 1.29 is 27.2 Å². The van der Waals surface area contributed by atoms with Crippen LogP contribution in [0.1, 0.15) is 38.7 Å². The van der Waals surface area contributed by atoms with Crippen LogP contribution in [0.15, 0.2) is 24.3 Å². The highest BCUT2D eigenvalue weighted by molar-refractivity contribution is 7.85. The topological polar surface area (TPSA) is 89.9 Å². The van der Waals surface area contributed by atoms with Crippen molar-refractivity contribution in [2.24, 2.45) is 0 Å². The summed E-state index contributed by atoms with van der Waals surface area (Å²) < 4.78 is 32.0. The van der Waals surface area contributed by atoms with E-state index in [-0.39, 0.29) is 6.61 Å². The van der Waals surface area contributed by atoms with Crippen LogP contribution in [0.2, 0.25) is 0 Å². The predicted molar refractivity (Wildman–Crippen MR) is 87.1 cm³/mol. The van der Waals surface area contributed by atoms with Gasteiger partial charge < -0.3 is 9.84 Å². The Morgan fingerprint density at radius 2 is 1.87 bits per heavy atom. The Morgan fingerprint density at radius 3 is 2.35 bits per heavy atom. The molecule has 0 amide bonds. The van der Waals surface area contributed by atoms with Gasteiger partial charge in [0.2, 0.25) is 5.60 Å². The van der Waals surface area contributed by atoms with Gasteiger partial charge in [-0.2, -0.15) is 8.42 Å². The van der Waals surface area contributed by atoms with Gasteiger partial charge in [0, 0.05) is 0 Å². The molecule has 1 aromatic rings. The van der Waals surface area contributed by atoms with Crippen LogP contribution in [-0.4, -0.2) is 38.0 Å². The molecule has 0 aliphatic heterocycles. The summed E-state index contributed by atoms with van der Waals surface area (Å²) in [4.78, 5) is 11.3. The van der Waals surface area contributed by atoms with E-state index in [0.29, 0.717) is 31.4 Å². The van der Waals surface area contributed by atoms with E-state index in [2.05, 4.69) is 4.18 Å².